The van der Waals surface area contributed by atoms with E-state index in [1.165, 1.54) is 18.2 Å². The molecule has 1 aromatic carbocycles. The number of hydrogen-bond donors (Lipinski definition) is 3. The van der Waals surface area contributed by atoms with Gasteiger partial charge in [0.15, 0.2) is 5.78 Å². The topological polar surface area (TPSA) is 58.2 Å². The van der Waals surface area contributed by atoms with Crippen LogP contribution in [0.2, 0.25) is 5.02 Å². The molecular weight excluding hydrogens is 377 g/mol. The molecule has 1 aliphatic carbocycles. The lowest BCUT2D eigenvalue weighted by molar-refractivity contribution is -0.122. The predicted molar refractivity (Wildman–Crippen MR) is 97.7 cm³/mol. The number of ketones is 1. The number of Topliss-reactive ketones (excluding diaryl/α,β-unsaturated/α-hetero) is 1. The van der Waals surface area contributed by atoms with Gasteiger partial charge in [0.1, 0.15) is 6.54 Å². The number of urea groups is 1. The van der Waals surface area contributed by atoms with Crippen molar-refractivity contribution in [2.24, 2.45) is 5.92 Å². The molecule has 0 radical (unpaired) electrons. The highest BCUT2D eigenvalue weighted by atomic mass is 35.5. The van der Waals surface area contributed by atoms with Crippen molar-refractivity contribution < 1.29 is 22.8 Å². The zero-order valence-electron chi connectivity index (χ0n) is 13.6. The zero-order valence-corrected chi connectivity index (χ0v) is 15.3. The number of rotatable bonds is 4. The van der Waals surface area contributed by atoms with Gasteiger partial charge in [0.25, 0.3) is 0 Å². The molecule has 1 saturated carbocycles. The lowest BCUT2D eigenvalue weighted by atomic mass is 10.1. The lowest BCUT2D eigenvalue weighted by Crippen LogP contribution is -2.36. The van der Waals surface area contributed by atoms with Gasteiger partial charge in [0.2, 0.25) is 0 Å². The number of carbonyl (C=O) groups is 2. The monoisotopic (exact) mass is 396 g/mol. The first-order valence-corrected chi connectivity index (χ1v) is 8.43. The fourth-order valence-corrected chi connectivity index (χ4v) is 1.91. The van der Waals surface area contributed by atoms with E-state index >= 15 is 0 Å². The van der Waals surface area contributed by atoms with Gasteiger partial charge in [-0.05, 0) is 37.3 Å². The molecule has 9 heteroatoms. The number of thiol groups is 1. The summed E-state index contributed by atoms with van der Waals surface area (Å²) in [5.74, 6) is -0.258. The van der Waals surface area contributed by atoms with Crippen LogP contribution < -0.4 is 10.6 Å². The van der Waals surface area contributed by atoms with Crippen molar-refractivity contribution in [1.29, 1.82) is 0 Å². The summed E-state index contributed by atoms with van der Waals surface area (Å²) in [5, 5.41) is 4.24. The quantitative estimate of drug-likeness (QED) is 0.382. The third kappa shape index (κ3) is 8.83. The summed E-state index contributed by atoms with van der Waals surface area (Å²) in [7, 11) is 0. The minimum atomic E-state index is -4.50. The van der Waals surface area contributed by atoms with E-state index in [-0.39, 0.29) is 23.0 Å². The Morgan fingerprint density at radius 3 is 2.32 bits per heavy atom. The fourth-order valence-electron chi connectivity index (χ4n) is 1.74. The highest BCUT2D eigenvalue weighted by Crippen LogP contribution is 2.35. The SMILES string of the molecule is C=C.CS.O=C(NCC(F)(F)F)Nc1ccc(Cl)cc1C(=O)C1CC1. The van der Waals surface area contributed by atoms with E-state index < -0.39 is 18.8 Å². The van der Waals surface area contributed by atoms with Gasteiger partial charge < -0.3 is 10.6 Å². The van der Waals surface area contributed by atoms with Crippen molar-refractivity contribution in [1.82, 2.24) is 5.32 Å². The van der Waals surface area contributed by atoms with Crippen LogP contribution in [0.3, 0.4) is 0 Å². The third-order valence-electron chi connectivity index (χ3n) is 2.89. The van der Waals surface area contributed by atoms with Gasteiger partial charge in [0, 0.05) is 16.5 Å². The molecule has 2 rings (SSSR count). The number of benzene rings is 1. The second kappa shape index (κ2) is 11.0. The fraction of sp³-hybridized carbons (Fsp3) is 0.375. The molecule has 140 valence electrons. The molecule has 2 amide bonds. The Bertz CT molecular complexity index is 593. The van der Waals surface area contributed by atoms with Gasteiger partial charge in [-0.15, -0.1) is 13.2 Å². The van der Waals surface area contributed by atoms with Gasteiger partial charge in [-0.1, -0.05) is 11.6 Å². The Hall–Kier alpha value is -1.67. The van der Waals surface area contributed by atoms with E-state index in [1.54, 1.807) is 11.6 Å². The maximum Gasteiger partial charge on any atom is 0.405 e. The van der Waals surface area contributed by atoms with Gasteiger partial charge >= 0.3 is 12.2 Å². The molecule has 0 atom stereocenters. The van der Waals surface area contributed by atoms with Crippen molar-refractivity contribution in [3.05, 3.63) is 41.9 Å². The van der Waals surface area contributed by atoms with Crippen LogP contribution in [-0.4, -0.2) is 30.8 Å². The molecule has 1 aliphatic rings. The molecule has 0 heterocycles. The normalized spacial score (nSPS) is 12.7. The van der Waals surface area contributed by atoms with Crippen LogP contribution in [0.4, 0.5) is 23.7 Å². The molecular formula is C16H20ClF3N2O2S. The third-order valence-corrected chi connectivity index (χ3v) is 3.13. The van der Waals surface area contributed by atoms with Crippen molar-refractivity contribution in [3.8, 4) is 0 Å². The van der Waals surface area contributed by atoms with Crippen molar-refractivity contribution in [3.63, 3.8) is 0 Å². The smallest absolute Gasteiger partial charge is 0.329 e. The van der Waals surface area contributed by atoms with Crippen molar-refractivity contribution >= 4 is 41.7 Å². The van der Waals surface area contributed by atoms with E-state index in [4.69, 9.17) is 11.6 Å². The summed E-state index contributed by atoms with van der Waals surface area (Å²) in [6.45, 7) is 4.55. The van der Waals surface area contributed by atoms with Gasteiger partial charge in [-0.2, -0.15) is 25.8 Å². The Labute approximate surface area is 155 Å². The van der Waals surface area contributed by atoms with E-state index in [0.29, 0.717) is 5.02 Å². The second-order valence-corrected chi connectivity index (χ2v) is 5.19. The molecule has 2 N–H and O–H groups in total. The van der Waals surface area contributed by atoms with Crippen molar-refractivity contribution in [2.45, 2.75) is 19.0 Å². The first-order valence-electron chi connectivity index (χ1n) is 7.16. The molecule has 0 saturated heterocycles. The Kier molecular flexibility index (Phi) is 10.3. The largest absolute Gasteiger partial charge is 0.405 e. The second-order valence-electron chi connectivity index (χ2n) is 4.75. The van der Waals surface area contributed by atoms with Crippen LogP contribution in [0, 0.1) is 5.92 Å². The number of carbonyl (C=O) groups excluding carboxylic acids is 2. The van der Waals surface area contributed by atoms with Crippen molar-refractivity contribution in [2.75, 3.05) is 18.1 Å². The summed E-state index contributed by atoms with van der Waals surface area (Å²) in [4.78, 5) is 23.5. The van der Waals surface area contributed by atoms with Crippen LogP contribution in [-0.2, 0) is 0 Å². The number of amides is 2. The van der Waals surface area contributed by atoms with Crippen LogP contribution >= 0.6 is 24.2 Å². The molecule has 0 spiro atoms. The standard InChI is InChI=1S/C13H12ClF3N2O2.C2H4.CH4S/c14-8-3-4-10(9(5-8)11(20)7-1-2-7)19-12(21)18-6-13(15,16)17;2*1-2/h3-5,7H,1-2,6H2,(H2,18,19,21);1-2H2;2H,1H3. The minimum absolute atomic E-state index is 0.0951. The summed E-state index contributed by atoms with van der Waals surface area (Å²) in [6, 6.07) is 3.22. The van der Waals surface area contributed by atoms with Crippen LogP contribution in [0.25, 0.3) is 0 Å². The van der Waals surface area contributed by atoms with Gasteiger partial charge in [-0.25, -0.2) is 4.79 Å². The van der Waals surface area contributed by atoms with E-state index in [2.05, 4.69) is 31.1 Å². The Morgan fingerprint density at radius 1 is 1.28 bits per heavy atom. The highest BCUT2D eigenvalue weighted by Gasteiger charge is 2.32. The molecule has 25 heavy (non-hydrogen) atoms. The van der Waals surface area contributed by atoms with Crippen LogP contribution in [0.5, 0.6) is 0 Å². The summed E-state index contributed by atoms with van der Waals surface area (Å²) in [6.07, 6.45) is -1.26. The zero-order chi connectivity index (χ0) is 19.6. The molecule has 0 unspecified atom stereocenters. The number of anilines is 1. The molecule has 1 fully saturated rings. The van der Waals surface area contributed by atoms with E-state index in [0.717, 1.165) is 12.8 Å². The van der Waals surface area contributed by atoms with Crippen LogP contribution in [0.1, 0.15) is 23.2 Å². The average molecular weight is 397 g/mol. The molecule has 0 aliphatic heterocycles. The first-order chi connectivity index (χ1) is 11.8. The van der Waals surface area contributed by atoms with E-state index in [1.807, 2.05) is 0 Å². The van der Waals surface area contributed by atoms with Gasteiger partial charge in [-0.3, -0.25) is 4.79 Å². The maximum absolute atomic E-state index is 12.1. The first kappa shape index (κ1) is 23.3. The maximum atomic E-state index is 12.1. The lowest BCUT2D eigenvalue weighted by Gasteiger charge is -2.12. The molecule has 0 aromatic heterocycles. The molecule has 4 nitrogen and oxygen atoms in total. The van der Waals surface area contributed by atoms with E-state index in [9.17, 15) is 22.8 Å². The summed E-state index contributed by atoms with van der Waals surface area (Å²) >= 11 is 9.34. The Morgan fingerprint density at radius 2 is 1.84 bits per heavy atom. The Balaban J connectivity index is 0.00000134. The summed E-state index contributed by atoms with van der Waals surface area (Å²) in [5.41, 5.74) is 0.364. The number of hydrogen-bond acceptors (Lipinski definition) is 3. The number of alkyl halides is 3. The predicted octanol–water partition coefficient (Wildman–Crippen LogP) is 4.96. The average Bonchev–Trinajstić information content (AvgIpc) is 3.42. The molecule has 1 aromatic rings. The minimum Gasteiger partial charge on any atom is -0.329 e. The van der Waals surface area contributed by atoms with Crippen LogP contribution in [0.15, 0.2) is 31.4 Å². The number of halogens is 4. The molecule has 0 bridgehead atoms. The van der Waals surface area contributed by atoms with Gasteiger partial charge in [0.05, 0.1) is 5.69 Å². The highest BCUT2D eigenvalue weighted by molar-refractivity contribution is 7.79. The summed E-state index contributed by atoms with van der Waals surface area (Å²) < 4.78 is 36.0. The number of nitrogens with one attached hydrogen (secondary N) is 2.